The summed E-state index contributed by atoms with van der Waals surface area (Å²) < 4.78 is 11.7. The van der Waals surface area contributed by atoms with Crippen molar-refractivity contribution in [1.82, 2.24) is 15.1 Å². The third kappa shape index (κ3) is 9.66. The van der Waals surface area contributed by atoms with Gasteiger partial charge in [-0.15, -0.1) is 0 Å². The Hall–Kier alpha value is -3.39. The SMILES string of the molecule is CN(C)CCNC(=O)COc1ccc2c(c1)CC(N(Cc1ccccc1)C[C@H](O)COc1ccccc1)CCC2. The number of nitrogens with zero attached hydrogens (tertiary/aromatic N) is 2. The summed E-state index contributed by atoms with van der Waals surface area (Å²) >= 11 is 0. The first-order valence-electron chi connectivity index (χ1n) is 14.3. The first-order chi connectivity index (χ1) is 19.5. The lowest BCUT2D eigenvalue weighted by molar-refractivity contribution is -0.123. The van der Waals surface area contributed by atoms with E-state index >= 15 is 0 Å². The molecule has 0 radical (unpaired) electrons. The molecule has 0 bridgehead atoms. The van der Waals surface area contributed by atoms with E-state index in [0.29, 0.717) is 18.8 Å². The van der Waals surface area contributed by atoms with Crippen molar-refractivity contribution >= 4 is 5.91 Å². The molecule has 40 heavy (non-hydrogen) atoms. The third-order valence-electron chi connectivity index (χ3n) is 7.24. The summed E-state index contributed by atoms with van der Waals surface area (Å²) in [6.45, 7) is 2.91. The molecule has 1 amide bonds. The van der Waals surface area contributed by atoms with Gasteiger partial charge in [0.25, 0.3) is 5.91 Å². The standard InChI is InChI=1S/C33H43N3O4/c1-35(2)19-18-34-33(38)25-40-32-17-16-27-12-9-13-29(20-28(27)21-32)36(22-26-10-5-3-6-11-26)23-30(37)24-39-31-14-7-4-8-15-31/h3-8,10-11,14-17,21,29-30,37H,9,12-13,18-20,22-25H2,1-2H3,(H,34,38)/t29?,30-/m0/s1. The Labute approximate surface area is 238 Å². The fraction of sp³-hybridized carbons (Fsp3) is 0.424. The zero-order valence-electron chi connectivity index (χ0n) is 23.8. The molecular formula is C33H43N3O4. The number of carbonyl (C=O) groups excluding carboxylic acids is 1. The van der Waals surface area contributed by atoms with Gasteiger partial charge in [0.2, 0.25) is 0 Å². The maximum absolute atomic E-state index is 12.2. The maximum Gasteiger partial charge on any atom is 0.257 e. The van der Waals surface area contributed by atoms with Gasteiger partial charge >= 0.3 is 0 Å². The molecule has 7 nitrogen and oxygen atoms in total. The summed E-state index contributed by atoms with van der Waals surface area (Å²) in [7, 11) is 3.96. The zero-order valence-corrected chi connectivity index (χ0v) is 23.8. The minimum Gasteiger partial charge on any atom is -0.491 e. The van der Waals surface area contributed by atoms with Gasteiger partial charge in [-0.25, -0.2) is 0 Å². The van der Waals surface area contributed by atoms with Crippen molar-refractivity contribution in [3.63, 3.8) is 0 Å². The second-order valence-corrected chi connectivity index (χ2v) is 10.8. The lowest BCUT2D eigenvalue weighted by Gasteiger charge is -2.33. The molecule has 0 saturated carbocycles. The first kappa shape index (κ1) is 29.6. The van der Waals surface area contributed by atoms with E-state index in [1.807, 2.05) is 61.5 Å². The molecule has 1 unspecified atom stereocenters. The molecule has 3 aromatic rings. The molecule has 0 saturated heterocycles. The van der Waals surface area contributed by atoms with E-state index in [1.54, 1.807) is 0 Å². The van der Waals surface area contributed by atoms with E-state index in [-0.39, 0.29) is 25.2 Å². The number of benzene rings is 3. The highest BCUT2D eigenvalue weighted by Crippen LogP contribution is 2.28. The van der Waals surface area contributed by atoms with Gasteiger partial charge in [0.05, 0.1) is 0 Å². The monoisotopic (exact) mass is 545 g/mol. The van der Waals surface area contributed by atoms with Crippen LogP contribution in [-0.2, 0) is 24.2 Å². The van der Waals surface area contributed by atoms with Crippen LogP contribution in [0.2, 0.25) is 0 Å². The average molecular weight is 546 g/mol. The van der Waals surface area contributed by atoms with Crippen LogP contribution in [0.4, 0.5) is 0 Å². The highest BCUT2D eigenvalue weighted by molar-refractivity contribution is 5.77. The molecule has 4 rings (SSSR count). The summed E-state index contributed by atoms with van der Waals surface area (Å²) in [5.41, 5.74) is 3.81. The molecule has 1 aliphatic carbocycles. The fourth-order valence-corrected chi connectivity index (χ4v) is 5.13. The van der Waals surface area contributed by atoms with Crippen LogP contribution in [0.3, 0.4) is 0 Å². The quantitative estimate of drug-likeness (QED) is 0.299. The van der Waals surface area contributed by atoms with E-state index in [1.165, 1.54) is 16.7 Å². The van der Waals surface area contributed by atoms with Crippen molar-refractivity contribution in [2.75, 3.05) is 46.9 Å². The number of aryl methyl sites for hydroxylation is 1. The molecule has 0 fully saturated rings. The van der Waals surface area contributed by atoms with Gasteiger partial charge in [-0.2, -0.15) is 0 Å². The van der Waals surface area contributed by atoms with Gasteiger partial charge in [0, 0.05) is 32.2 Å². The Morgan fingerprint density at radius 3 is 2.48 bits per heavy atom. The van der Waals surface area contributed by atoms with Crippen molar-refractivity contribution < 1.29 is 19.4 Å². The topological polar surface area (TPSA) is 74.3 Å². The number of amides is 1. The Bertz CT molecular complexity index is 1170. The second kappa shape index (κ2) is 15.4. The number of ether oxygens (including phenoxy) is 2. The normalized spacial score (nSPS) is 15.8. The van der Waals surface area contributed by atoms with Crippen molar-refractivity contribution in [2.24, 2.45) is 0 Å². The molecule has 0 spiro atoms. The van der Waals surface area contributed by atoms with Crippen LogP contribution in [0.15, 0.2) is 78.9 Å². The van der Waals surface area contributed by atoms with Gasteiger partial charge in [0.1, 0.15) is 24.2 Å². The van der Waals surface area contributed by atoms with Gasteiger partial charge in [-0.3, -0.25) is 9.69 Å². The molecule has 2 N–H and O–H groups in total. The van der Waals surface area contributed by atoms with Crippen molar-refractivity contribution in [3.05, 3.63) is 95.6 Å². The number of likely N-dealkylation sites (N-methyl/N-ethyl adjacent to an activating group) is 1. The highest BCUT2D eigenvalue weighted by Gasteiger charge is 2.25. The number of hydrogen-bond donors (Lipinski definition) is 2. The summed E-state index contributed by atoms with van der Waals surface area (Å²) in [6, 6.07) is 26.5. The summed E-state index contributed by atoms with van der Waals surface area (Å²) in [5, 5.41) is 13.9. The minimum absolute atomic E-state index is 0.00336. The number of fused-ring (bicyclic) bond motifs is 1. The lowest BCUT2D eigenvalue weighted by Crippen LogP contribution is -2.42. The third-order valence-corrected chi connectivity index (χ3v) is 7.24. The minimum atomic E-state index is -0.618. The van der Waals surface area contributed by atoms with E-state index < -0.39 is 6.10 Å². The van der Waals surface area contributed by atoms with Gasteiger partial charge in [-0.05, 0) is 80.7 Å². The Morgan fingerprint density at radius 1 is 0.975 bits per heavy atom. The number of aliphatic hydroxyl groups is 1. The molecule has 0 aromatic heterocycles. The molecule has 214 valence electrons. The number of nitrogens with one attached hydrogen (secondary N) is 1. The summed E-state index contributed by atoms with van der Waals surface area (Å²) in [5.74, 6) is 1.36. The Morgan fingerprint density at radius 2 is 1.73 bits per heavy atom. The largest absolute Gasteiger partial charge is 0.491 e. The van der Waals surface area contributed by atoms with Crippen molar-refractivity contribution in [1.29, 1.82) is 0 Å². The van der Waals surface area contributed by atoms with Gasteiger partial charge in [-0.1, -0.05) is 54.6 Å². The zero-order chi connectivity index (χ0) is 28.2. The predicted molar refractivity (Wildman–Crippen MR) is 159 cm³/mol. The molecule has 1 aliphatic rings. The van der Waals surface area contributed by atoms with Gasteiger partial charge in [0.15, 0.2) is 6.61 Å². The molecule has 7 heteroatoms. The van der Waals surface area contributed by atoms with Crippen LogP contribution in [0, 0.1) is 0 Å². The van der Waals surface area contributed by atoms with Crippen LogP contribution in [0.25, 0.3) is 0 Å². The fourth-order valence-electron chi connectivity index (χ4n) is 5.13. The lowest BCUT2D eigenvalue weighted by atomic mass is 10.00. The van der Waals surface area contributed by atoms with Crippen LogP contribution in [-0.4, -0.2) is 79.9 Å². The number of rotatable bonds is 14. The molecule has 0 heterocycles. The number of hydrogen-bond acceptors (Lipinski definition) is 6. The summed E-state index contributed by atoms with van der Waals surface area (Å²) in [4.78, 5) is 16.6. The van der Waals surface area contributed by atoms with Crippen molar-refractivity contribution in [2.45, 2.75) is 44.4 Å². The Balaban J connectivity index is 1.41. The van der Waals surface area contributed by atoms with Crippen molar-refractivity contribution in [3.8, 4) is 11.5 Å². The number of para-hydroxylation sites is 1. The van der Waals surface area contributed by atoms with E-state index in [0.717, 1.165) is 44.5 Å². The van der Waals surface area contributed by atoms with E-state index in [4.69, 9.17) is 9.47 Å². The van der Waals surface area contributed by atoms with Crippen LogP contribution in [0.1, 0.15) is 29.5 Å². The predicted octanol–water partition coefficient (Wildman–Crippen LogP) is 3.93. The van der Waals surface area contributed by atoms with E-state index in [2.05, 4.69) is 46.6 Å². The van der Waals surface area contributed by atoms with Crippen LogP contribution < -0.4 is 14.8 Å². The Kier molecular flexibility index (Phi) is 11.4. The molecule has 2 atom stereocenters. The second-order valence-electron chi connectivity index (χ2n) is 10.8. The summed E-state index contributed by atoms with van der Waals surface area (Å²) in [6.07, 6.45) is 3.37. The number of carbonyl (C=O) groups is 1. The highest BCUT2D eigenvalue weighted by atomic mass is 16.5. The molecule has 0 aliphatic heterocycles. The van der Waals surface area contributed by atoms with Gasteiger partial charge < -0.3 is 24.8 Å². The van der Waals surface area contributed by atoms with E-state index in [9.17, 15) is 9.90 Å². The average Bonchev–Trinajstić information content (AvgIpc) is 3.18. The number of aliphatic hydroxyl groups excluding tert-OH is 1. The molecular weight excluding hydrogens is 502 g/mol. The van der Waals surface area contributed by atoms with Crippen LogP contribution in [0.5, 0.6) is 11.5 Å². The van der Waals surface area contributed by atoms with Crippen LogP contribution >= 0.6 is 0 Å². The molecule has 3 aromatic carbocycles. The smallest absolute Gasteiger partial charge is 0.257 e. The first-order valence-corrected chi connectivity index (χ1v) is 14.3. The maximum atomic E-state index is 12.2.